The summed E-state index contributed by atoms with van der Waals surface area (Å²) in [7, 11) is 0. The molecule has 4 heteroatoms. The van der Waals surface area contributed by atoms with Crippen LogP contribution >= 0.6 is 12.2 Å². The fourth-order valence-corrected chi connectivity index (χ4v) is 1.54. The molecule has 3 nitrogen and oxygen atoms in total. The highest BCUT2D eigenvalue weighted by atomic mass is 32.1. The largest absolute Gasteiger partial charge is 0.493 e. The molecule has 0 amide bonds. The molecule has 15 heavy (non-hydrogen) atoms. The lowest BCUT2D eigenvalue weighted by Gasteiger charge is -2.07. The first kappa shape index (κ1) is 9.98. The summed E-state index contributed by atoms with van der Waals surface area (Å²) in [5.41, 5.74) is 1.79. The van der Waals surface area contributed by atoms with Gasteiger partial charge in [-0.1, -0.05) is 12.1 Å². The van der Waals surface area contributed by atoms with Crippen molar-refractivity contribution in [3.63, 3.8) is 0 Å². The minimum Gasteiger partial charge on any atom is -0.493 e. The maximum Gasteiger partial charge on any atom is 0.266 e. The summed E-state index contributed by atoms with van der Waals surface area (Å²) in [4.78, 5) is 3.33. The van der Waals surface area contributed by atoms with Gasteiger partial charge in [0.25, 0.3) is 4.84 Å². The average Bonchev–Trinajstić information content (AvgIpc) is 2.66. The van der Waals surface area contributed by atoms with E-state index in [1.165, 1.54) is 0 Å². The Morgan fingerprint density at radius 2 is 2.20 bits per heavy atom. The monoisotopic (exact) mass is 221 g/mol. The van der Waals surface area contributed by atoms with Gasteiger partial charge in [0, 0.05) is 5.56 Å². The van der Waals surface area contributed by atoms with Gasteiger partial charge < -0.3 is 14.1 Å². The molecule has 78 valence electrons. The van der Waals surface area contributed by atoms with Crippen LogP contribution in [0.4, 0.5) is 0 Å². The zero-order valence-electron chi connectivity index (χ0n) is 8.32. The van der Waals surface area contributed by atoms with Crippen molar-refractivity contribution in [2.75, 3.05) is 6.61 Å². The van der Waals surface area contributed by atoms with Crippen molar-refractivity contribution >= 4 is 12.2 Å². The second kappa shape index (κ2) is 4.31. The number of rotatable bonds is 3. The number of para-hydroxylation sites is 1. The van der Waals surface area contributed by atoms with Crippen LogP contribution in [-0.2, 0) is 0 Å². The highest BCUT2D eigenvalue weighted by Gasteiger charge is 2.06. The lowest BCUT2D eigenvalue weighted by molar-refractivity contribution is 0.341. The molecule has 2 aromatic rings. The molecule has 1 N–H and O–H groups in total. The van der Waals surface area contributed by atoms with Crippen LogP contribution < -0.4 is 4.74 Å². The number of aromatic amines is 1. The van der Waals surface area contributed by atoms with Crippen LogP contribution in [0.2, 0.25) is 0 Å². The fraction of sp³-hybridized carbons (Fsp3) is 0.182. The van der Waals surface area contributed by atoms with Crippen LogP contribution in [0.1, 0.15) is 6.92 Å². The van der Waals surface area contributed by atoms with E-state index in [1.54, 1.807) is 6.26 Å². The Labute approximate surface area is 92.7 Å². The number of H-pyrrole nitrogens is 1. The number of hydrogen-bond donors (Lipinski definition) is 1. The molecule has 0 aliphatic carbocycles. The molecule has 0 unspecified atom stereocenters. The Morgan fingerprint density at radius 1 is 1.40 bits per heavy atom. The Kier molecular flexibility index (Phi) is 2.87. The summed E-state index contributed by atoms with van der Waals surface area (Å²) in [6.07, 6.45) is 1.60. The van der Waals surface area contributed by atoms with Gasteiger partial charge in [0.15, 0.2) is 0 Å². The normalized spacial score (nSPS) is 10.2. The first-order chi connectivity index (χ1) is 7.31. The summed E-state index contributed by atoms with van der Waals surface area (Å²) in [5, 5.41) is 0. The summed E-state index contributed by atoms with van der Waals surface area (Å²) in [6, 6.07) is 7.76. The predicted molar refractivity (Wildman–Crippen MR) is 60.5 cm³/mol. The van der Waals surface area contributed by atoms with Gasteiger partial charge in [0.1, 0.15) is 12.0 Å². The number of aromatic nitrogens is 1. The van der Waals surface area contributed by atoms with Gasteiger partial charge in [-0.25, -0.2) is 0 Å². The molecule has 0 bridgehead atoms. The van der Waals surface area contributed by atoms with Gasteiger partial charge in [-0.15, -0.1) is 0 Å². The topological polar surface area (TPSA) is 38.2 Å². The molecule has 0 spiro atoms. The number of ether oxygens (including phenoxy) is 1. The molecule has 0 fully saturated rings. The molecule has 2 rings (SSSR count). The number of nitrogens with one attached hydrogen (secondary N) is 1. The lowest BCUT2D eigenvalue weighted by Crippen LogP contribution is -1.93. The van der Waals surface area contributed by atoms with Gasteiger partial charge >= 0.3 is 0 Å². The molecule has 1 heterocycles. The summed E-state index contributed by atoms with van der Waals surface area (Å²) in [5.74, 6) is 0.826. The number of oxazole rings is 1. The molecule has 0 aliphatic heterocycles. The highest BCUT2D eigenvalue weighted by Crippen LogP contribution is 2.28. The maximum atomic E-state index is 5.50. The lowest BCUT2D eigenvalue weighted by atomic mass is 10.1. The van der Waals surface area contributed by atoms with Crippen molar-refractivity contribution in [1.82, 2.24) is 4.98 Å². The van der Waals surface area contributed by atoms with E-state index in [1.807, 2.05) is 31.2 Å². The Balaban J connectivity index is 2.47. The predicted octanol–water partition coefficient (Wildman–Crippen LogP) is 3.40. The third-order valence-corrected chi connectivity index (χ3v) is 2.20. The Morgan fingerprint density at radius 3 is 2.87 bits per heavy atom. The van der Waals surface area contributed by atoms with Gasteiger partial charge in [-0.05, 0) is 31.3 Å². The van der Waals surface area contributed by atoms with Crippen molar-refractivity contribution in [2.24, 2.45) is 0 Å². The van der Waals surface area contributed by atoms with Gasteiger partial charge in [0.05, 0.1) is 12.3 Å². The quantitative estimate of drug-likeness (QED) is 0.807. The van der Waals surface area contributed by atoms with Crippen LogP contribution in [0.3, 0.4) is 0 Å². The second-order valence-electron chi connectivity index (χ2n) is 2.99. The van der Waals surface area contributed by atoms with E-state index >= 15 is 0 Å². The van der Waals surface area contributed by atoms with Gasteiger partial charge in [0.2, 0.25) is 0 Å². The van der Waals surface area contributed by atoms with Crippen molar-refractivity contribution in [1.29, 1.82) is 0 Å². The van der Waals surface area contributed by atoms with Gasteiger partial charge in [-0.3, -0.25) is 0 Å². The number of hydrogen-bond acceptors (Lipinski definition) is 3. The molecule has 1 aromatic carbocycles. The summed E-state index contributed by atoms with van der Waals surface area (Å²) < 4.78 is 10.6. The van der Waals surface area contributed by atoms with Crippen molar-refractivity contribution in [3.05, 3.63) is 35.4 Å². The standard InChI is InChI=1S/C11H11NO2S/c1-2-13-10-6-4-3-5-8(10)9-7-14-11(15)12-9/h3-7H,2H2,1H3,(H,12,15). The fourth-order valence-electron chi connectivity index (χ4n) is 1.38. The third-order valence-electron chi connectivity index (χ3n) is 2.00. The van der Waals surface area contributed by atoms with Crippen molar-refractivity contribution in [2.45, 2.75) is 6.92 Å². The SMILES string of the molecule is CCOc1ccccc1-c1coc(=S)[nH]1. The molecule has 0 saturated heterocycles. The van der Waals surface area contributed by atoms with Crippen LogP contribution in [0.5, 0.6) is 5.75 Å². The molecule has 0 saturated carbocycles. The van der Waals surface area contributed by atoms with Crippen LogP contribution in [0.25, 0.3) is 11.3 Å². The first-order valence-electron chi connectivity index (χ1n) is 4.71. The first-order valence-corrected chi connectivity index (χ1v) is 5.12. The molecule has 1 aromatic heterocycles. The van der Waals surface area contributed by atoms with E-state index in [0.717, 1.165) is 17.0 Å². The van der Waals surface area contributed by atoms with E-state index in [-0.39, 0.29) is 0 Å². The van der Waals surface area contributed by atoms with Crippen molar-refractivity contribution in [3.8, 4) is 17.0 Å². The highest BCUT2D eigenvalue weighted by molar-refractivity contribution is 7.71. The molecule has 0 radical (unpaired) electrons. The van der Waals surface area contributed by atoms with E-state index in [0.29, 0.717) is 11.4 Å². The van der Waals surface area contributed by atoms with Crippen molar-refractivity contribution < 1.29 is 9.15 Å². The van der Waals surface area contributed by atoms with E-state index < -0.39 is 0 Å². The van der Waals surface area contributed by atoms with Crippen LogP contribution in [0, 0.1) is 4.84 Å². The zero-order valence-corrected chi connectivity index (χ0v) is 9.14. The minimum absolute atomic E-state index is 0.372. The average molecular weight is 221 g/mol. The smallest absolute Gasteiger partial charge is 0.266 e. The summed E-state index contributed by atoms with van der Waals surface area (Å²) >= 11 is 4.88. The molecular weight excluding hydrogens is 210 g/mol. The second-order valence-corrected chi connectivity index (χ2v) is 3.36. The molecule has 0 atom stereocenters. The Bertz CT molecular complexity index is 501. The Hall–Kier alpha value is -1.55. The third kappa shape index (κ3) is 2.10. The van der Waals surface area contributed by atoms with E-state index in [2.05, 4.69) is 4.98 Å². The van der Waals surface area contributed by atoms with Crippen LogP contribution in [0.15, 0.2) is 34.9 Å². The maximum absolute atomic E-state index is 5.50. The van der Waals surface area contributed by atoms with Gasteiger partial charge in [-0.2, -0.15) is 0 Å². The zero-order chi connectivity index (χ0) is 10.7. The minimum atomic E-state index is 0.372. The molecule has 0 aliphatic rings. The van der Waals surface area contributed by atoms with E-state index in [4.69, 9.17) is 21.4 Å². The summed E-state index contributed by atoms with van der Waals surface area (Å²) in [6.45, 7) is 2.59. The number of benzene rings is 1. The molecular formula is C11H11NO2S. The van der Waals surface area contributed by atoms with Crippen LogP contribution in [-0.4, -0.2) is 11.6 Å². The van der Waals surface area contributed by atoms with E-state index in [9.17, 15) is 0 Å².